The van der Waals surface area contributed by atoms with Crippen molar-refractivity contribution in [2.75, 3.05) is 13.2 Å². The zero-order chi connectivity index (χ0) is 13.3. The van der Waals surface area contributed by atoms with Gasteiger partial charge in [-0.25, -0.2) is 0 Å². The molecule has 0 unspecified atom stereocenters. The van der Waals surface area contributed by atoms with Crippen LogP contribution in [0.1, 0.15) is 12.8 Å². The number of hydrogen-bond donors (Lipinski definition) is 2. The van der Waals surface area contributed by atoms with E-state index in [4.69, 9.17) is 5.11 Å². The Morgan fingerprint density at radius 3 is 1.74 bits per heavy atom. The number of hydrogen-bond acceptors (Lipinski definition) is 2. The molecule has 1 fully saturated rings. The fourth-order valence-electron chi connectivity index (χ4n) is 2.17. The van der Waals surface area contributed by atoms with E-state index >= 15 is 0 Å². The Morgan fingerprint density at radius 2 is 1.42 bits per heavy atom. The smallest absolute Gasteiger partial charge is 0.0584 e. The maximum atomic E-state index is 8.50. The van der Waals surface area contributed by atoms with Crippen LogP contribution in [0.3, 0.4) is 0 Å². The Bertz CT molecular complexity index is 412. The van der Waals surface area contributed by atoms with Crippen molar-refractivity contribution in [1.82, 2.24) is 5.32 Å². The first-order valence-corrected chi connectivity index (χ1v) is 6.85. The van der Waals surface area contributed by atoms with E-state index in [1.54, 1.807) is 0 Å². The summed E-state index contributed by atoms with van der Waals surface area (Å²) in [6.07, 6.45) is 2.38. The molecular formula is C17H21NO. The van der Waals surface area contributed by atoms with Gasteiger partial charge in [0.05, 0.1) is 6.61 Å². The summed E-state index contributed by atoms with van der Waals surface area (Å²) in [5.41, 5.74) is 2.55. The molecule has 1 atom stereocenters. The summed E-state index contributed by atoms with van der Waals surface area (Å²) < 4.78 is 0. The van der Waals surface area contributed by atoms with Crippen LogP contribution in [0.5, 0.6) is 0 Å². The van der Waals surface area contributed by atoms with Crippen LogP contribution in [0.15, 0.2) is 60.7 Å². The average Bonchev–Trinajstić information content (AvgIpc) is 3.03. The standard InChI is InChI=1S/C12H10.C5H11NO/c1-3-7-11(8-4-1)12-9-5-2-6-10-12;7-4-5-2-1-3-6-5/h1-10H;5-7H,1-4H2/t;5-/m.0/s1. The fourth-order valence-corrected chi connectivity index (χ4v) is 2.17. The molecule has 2 aromatic carbocycles. The Balaban J connectivity index is 0.000000163. The average molecular weight is 255 g/mol. The highest BCUT2D eigenvalue weighted by Crippen LogP contribution is 2.17. The van der Waals surface area contributed by atoms with E-state index in [1.807, 2.05) is 12.1 Å². The maximum absolute atomic E-state index is 8.50. The normalized spacial score (nSPS) is 17.6. The Labute approximate surface area is 115 Å². The van der Waals surface area contributed by atoms with Crippen LogP contribution in [0, 0.1) is 0 Å². The molecule has 0 spiro atoms. The van der Waals surface area contributed by atoms with Crippen LogP contribution in [0.4, 0.5) is 0 Å². The second-order valence-corrected chi connectivity index (χ2v) is 4.71. The molecule has 2 N–H and O–H groups in total. The first-order chi connectivity index (χ1) is 9.40. The lowest BCUT2D eigenvalue weighted by Crippen LogP contribution is -2.24. The lowest BCUT2D eigenvalue weighted by molar-refractivity contribution is 0.255. The van der Waals surface area contributed by atoms with Crippen LogP contribution < -0.4 is 5.32 Å². The summed E-state index contributed by atoms with van der Waals surface area (Å²) in [6.45, 7) is 1.39. The van der Waals surface area contributed by atoms with Crippen molar-refractivity contribution in [2.45, 2.75) is 18.9 Å². The molecule has 0 radical (unpaired) electrons. The van der Waals surface area contributed by atoms with Gasteiger partial charge in [-0.1, -0.05) is 60.7 Å². The van der Waals surface area contributed by atoms with E-state index < -0.39 is 0 Å². The van der Waals surface area contributed by atoms with Crippen LogP contribution in [0.2, 0.25) is 0 Å². The number of aliphatic hydroxyl groups excluding tert-OH is 1. The van der Waals surface area contributed by atoms with Gasteiger partial charge in [0, 0.05) is 6.04 Å². The van der Waals surface area contributed by atoms with Crippen molar-refractivity contribution in [2.24, 2.45) is 0 Å². The highest BCUT2D eigenvalue weighted by atomic mass is 16.3. The molecule has 2 nitrogen and oxygen atoms in total. The van der Waals surface area contributed by atoms with Gasteiger partial charge in [0.15, 0.2) is 0 Å². The summed E-state index contributed by atoms with van der Waals surface area (Å²) in [5.74, 6) is 0. The van der Waals surface area contributed by atoms with Crippen LogP contribution in [0.25, 0.3) is 11.1 Å². The Morgan fingerprint density at radius 1 is 0.895 bits per heavy atom. The minimum Gasteiger partial charge on any atom is -0.395 e. The Kier molecular flexibility index (Phi) is 5.60. The van der Waals surface area contributed by atoms with Gasteiger partial charge in [-0.2, -0.15) is 0 Å². The molecule has 0 saturated carbocycles. The minimum atomic E-state index is 0.306. The molecule has 2 aromatic rings. The van der Waals surface area contributed by atoms with E-state index in [1.165, 1.54) is 17.5 Å². The van der Waals surface area contributed by atoms with E-state index in [-0.39, 0.29) is 0 Å². The van der Waals surface area contributed by atoms with Gasteiger partial charge in [0.1, 0.15) is 0 Å². The zero-order valence-electron chi connectivity index (χ0n) is 11.1. The van der Waals surface area contributed by atoms with Gasteiger partial charge in [-0.05, 0) is 30.5 Å². The van der Waals surface area contributed by atoms with Crippen molar-refractivity contribution >= 4 is 0 Å². The lowest BCUT2D eigenvalue weighted by atomic mass is 10.1. The maximum Gasteiger partial charge on any atom is 0.0584 e. The zero-order valence-corrected chi connectivity index (χ0v) is 11.1. The van der Waals surface area contributed by atoms with E-state index in [9.17, 15) is 0 Å². The molecule has 1 heterocycles. The monoisotopic (exact) mass is 255 g/mol. The third kappa shape index (κ3) is 4.51. The fraction of sp³-hybridized carbons (Fsp3) is 0.294. The molecule has 0 amide bonds. The second kappa shape index (κ2) is 7.72. The predicted molar refractivity (Wildman–Crippen MR) is 80.0 cm³/mol. The molecule has 3 rings (SSSR count). The van der Waals surface area contributed by atoms with Gasteiger partial charge in [0.25, 0.3) is 0 Å². The summed E-state index contributed by atoms with van der Waals surface area (Å²) in [5, 5.41) is 11.7. The van der Waals surface area contributed by atoms with Gasteiger partial charge >= 0.3 is 0 Å². The van der Waals surface area contributed by atoms with Gasteiger partial charge in [-0.15, -0.1) is 0 Å². The van der Waals surface area contributed by atoms with Crippen LogP contribution >= 0.6 is 0 Å². The topological polar surface area (TPSA) is 32.3 Å². The molecule has 0 bridgehead atoms. The quantitative estimate of drug-likeness (QED) is 0.864. The molecular weight excluding hydrogens is 234 g/mol. The second-order valence-electron chi connectivity index (χ2n) is 4.71. The van der Waals surface area contributed by atoms with Crippen molar-refractivity contribution in [3.05, 3.63) is 60.7 Å². The summed E-state index contributed by atoms with van der Waals surface area (Å²) >= 11 is 0. The lowest BCUT2D eigenvalue weighted by Gasteiger charge is -2.01. The molecule has 100 valence electrons. The number of rotatable bonds is 2. The Hall–Kier alpha value is -1.64. The first kappa shape index (κ1) is 13.8. The SMILES string of the molecule is OC[C@@H]1CCCN1.c1ccc(-c2ccccc2)cc1. The number of aliphatic hydroxyl groups is 1. The molecule has 0 aromatic heterocycles. The summed E-state index contributed by atoms with van der Waals surface area (Å²) in [7, 11) is 0. The third-order valence-corrected chi connectivity index (χ3v) is 3.26. The molecule has 19 heavy (non-hydrogen) atoms. The van der Waals surface area contributed by atoms with E-state index in [0.717, 1.165) is 13.0 Å². The van der Waals surface area contributed by atoms with Crippen molar-refractivity contribution in [3.8, 4) is 11.1 Å². The molecule has 1 aliphatic rings. The van der Waals surface area contributed by atoms with Crippen molar-refractivity contribution in [1.29, 1.82) is 0 Å². The molecule has 1 aliphatic heterocycles. The molecule has 1 saturated heterocycles. The highest BCUT2D eigenvalue weighted by Gasteiger charge is 2.10. The van der Waals surface area contributed by atoms with Gasteiger partial charge < -0.3 is 10.4 Å². The van der Waals surface area contributed by atoms with Gasteiger partial charge in [0.2, 0.25) is 0 Å². The van der Waals surface area contributed by atoms with Crippen molar-refractivity contribution in [3.63, 3.8) is 0 Å². The van der Waals surface area contributed by atoms with Gasteiger partial charge in [-0.3, -0.25) is 0 Å². The van der Waals surface area contributed by atoms with Crippen molar-refractivity contribution < 1.29 is 5.11 Å². The van der Waals surface area contributed by atoms with E-state index in [0.29, 0.717) is 12.6 Å². The van der Waals surface area contributed by atoms with Crippen LogP contribution in [-0.2, 0) is 0 Å². The van der Waals surface area contributed by atoms with Crippen LogP contribution in [-0.4, -0.2) is 24.3 Å². The summed E-state index contributed by atoms with van der Waals surface area (Å²) in [6, 6.07) is 21.2. The summed E-state index contributed by atoms with van der Waals surface area (Å²) in [4.78, 5) is 0. The van der Waals surface area contributed by atoms with E-state index in [2.05, 4.69) is 53.8 Å². The molecule has 2 heteroatoms. The predicted octanol–water partition coefficient (Wildman–Crippen LogP) is 3.08. The first-order valence-electron chi connectivity index (χ1n) is 6.85. The number of nitrogens with one attached hydrogen (secondary N) is 1. The third-order valence-electron chi connectivity index (χ3n) is 3.26. The largest absolute Gasteiger partial charge is 0.395 e. The highest BCUT2D eigenvalue weighted by molar-refractivity contribution is 5.62. The minimum absolute atomic E-state index is 0.306. The molecule has 0 aliphatic carbocycles. The number of benzene rings is 2.